The van der Waals surface area contributed by atoms with Crippen LogP contribution in [0, 0.1) is 6.92 Å². The number of nitrogens with one attached hydrogen (secondary N) is 3. The maximum absolute atomic E-state index is 13.3. The van der Waals surface area contributed by atoms with Crippen LogP contribution in [-0.2, 0) is 19.6 Å². The van der Waals surface area contributed by atoms with Crippen LogP contribution in [0.5, 0.6) is 0 Å². The van der Waals surface area contributed by atoms with Crippen molar-refractivity contribution in [2.24, 2.45) is 5.14 Å². The third kappa shape index (κ3) is 9.30. The van der Waals surface area contributed by atoms with Gasteiger partial charge in [-0.2, -0.15) is 0 Å². The average molecular weight is 721 g/mol. The number of carbonyl (C=O) groups excluding carboxylic acids is 4. The second-order valence-electron chi connectivity index (χ2n) is 12.7. The van der Waals surface area contributed by atoms with Crippen molar-refractivity contribution in [1.82, 2.24) is 15.1 Å². The van der Waals surface area contributed by atoms with Gasteiger partial charge < -0.3 is 15.5 Å². The number of sulfonamides is 1. The van der Waals surface area contributed by atoms with Crippen molar-refractivity contribution in [1.29, 1.82) is 0 Å². The summed E-state index contributed by atoms with van der Waals surface area (Å²) in [5, 5.41) is 14.5. The molecule has 2 atom stereocenters. The summed E-state index contributed by atoms with van der Waals surface area (Å²) >= 11 is 1.78. The Balaban J connectivity index is 1.08. The zero-order valence-electron chi connectivity index (χ0n) is 28.3. The van der Waals surface area contributed by atoms with E-state index in [0.29, 0.717) is 12.2 Å². The number of thioether (sulfide) groups is 1. The number of benzene rings is 3. The Bertz CT molecular complexity index is 1840. The minimum absolute atomic E-state index is 0.0778. The lowest BCUT2D eigenvalue weighted by atomic mass is 10.0. The topological polar surface area (TPSA) is 171 Å². The number of imide groups is 2. The highest BCUT2D eigenvalue weighted by atomic mass is 32.2. The van der Waals surface area contributed by atoms with Crippen molar-refractivity contribution >= 4 is 56.8 Å². The van der Waals surface area contributed by atoms with Crippen molar-refractivity contribution < 1.29 is 27.6 Å². The molecule has 1 unspecified atom stereocenters. The number of hydrogen-bond acceptors (Lipinski definition) is 10. The van der Waals surface area contributed by atoms with E-state index in [0.717, 1.165) is 60.7 Å². The Morgan fingerprint density at radius 1 is 0.960 bits per heavy atom. The molecule has 0 radical (unpaired) electrons. The predicted octanol–water partition coefficient (Wildman–Crippen LogP) is 4.22. The van der Waals surface area contributed by atoms with Gasteiger partial charge in [0.25, 0.3) is 11.8 Å². The number of nitrogens with two attached hydrogens (primary N) is 1. The molecule has 266 valence electrons. The molecule has 2 aliphatic heterocycles. The highest BCUT2D eigenvalue weighted by Gasteiger charge is 2.45. The smallest absolute Gasteiger partial charge is 0.264 e. The number of primary sulfonamides is 1. The molecule has 1 fully saturated rings. The van der Waals surface area contributed by atoms with E-state index >= 15 is 0 Å². The summed E-state index contributed by atoms with van der Waals surface area (Å²) in [7, 11) is -1.67. The fourth-order valence-corrected chi connectivity index (χ4v) is 7.75. The standard InChI is InChI=1S/C36H44N6O6S2/c1-24-22-27(50(37,47)48)14-15-29(24)39-25(23-49-26-10-5-3-6-11-26)18-21-41(2)20-8-4-7-19-38-30-13-9-12-28-33(30)36(46)42(35(28)45)31-16-17-32(43)40-34(31)44/h3,5-6,9-15,22,25,31,38-39H,4,7-8,16-21,23H2,1-2H3,(H2,37,47,48)(H,40,43,44)/t25-,31?/m1/s1. The van der Waals surface area contributed by atoms with E-state index < -0.39 is 39.7 Å². The third-order valence-electron chi connectivity index (χ3n) is 8.94. The summed E-state index contributed by atoms with van der Waals surface area (Å²) in [4.78, 5) is 55.0. The molecule has 12 nitrogen and oxygen atoms in total. The third-order valence-corrected chi connectivity index (χ3v) is 11.0. The van der Waals surface area contributed by atoms with E-state index in [-0.39, 0.29) is 34.9 Å². The van der Waals surface area contributed by atoms with Crippen LogP contribution in [0.3, 0.4) is 0 Å². The average Bonchev–Trinajstić information content (AvgIpc) is 3.34. The number of amides is 4. The van der Waals surface area contributed by atoms with Crippen LogP contribution in [0.1, 0.15) is 64.8 Å². The minimum atomic E-state index is -3.77. The molecule has 1 saturated heterocycles. The van der Waals surface area contributed by atoms with Gasteiger partial charge in [0, 0.05) is 41.0 Å². The van der Waals surface area contributed by atoms with Crippen molar-refractivity contribution in [3.63, 3.8) is 0 Å². The Morgan fingerprint density at radius 2 is 1.74 bits per heavy atom. The number of hydrogen-bond donors (Lipinski definition) is 4. The Labute approximate surface area is 297 Å². The first-order chi connectivity index (χ1) is 23.9. The highest BCUT2D eigenvalue weighted by molar-refractivity contribution is 7.99. The van der Waals surface area contributed by atoms with Crippen LogP contribution in [0.25, 0.3) is 0 Å². The molecular weight excluding hydrogens is 677 g/mol. The van der Waals surface area contributed by atoms with Crippen LogP contribution in [0.4, 0.5) is 11.4 Å². The van der Waals surface area contributed by atoms with E-state index in [9.17, 15) is 27.6 Å². The van der Waals surface area contributed by atoms with Gasteiger partial charge in [0.05, 0.1) is 16.0 Å². The molecule has 3 aromatic carbocycles. The van der Waals surface area contributed by atoms with Crippen LogP contribution >= 0.6 is 11.8 Å². The van der Waals surface area contributed by atoms with E-state index in [1.165, 1.54) is 11.0 Å². The number of fused-ring (bicyclic) bond motifs is 1. The quantitative estimate of drug-likeness (QED) is 0.0900. The number of rotatable bonds is 17. The minimum Gasteiger partial charge on any atom is -0.384 e. The summed E-state index contributed by atoms with van der Waals surface area (Å²) in [6.07, 6.45) is 3.89. The van der Waals surface area contributed by atoms with E-state index in [4.69, 9.17) is 5.14 Å². The number of piperidine rings is 1. The molecule has 0 saturated carbocycles. The molecule has 4 amide bonds. The van der Waals surface area contributed by atoms with Crippen LogP contribution in [-0.4, -0.2) is 86.4 Å². The van der Waals surface area contributed by atoms with Gasteiger partial charge >= 0.3 is 0 Å². The predicted molar refractivity (Wildman–Crippen MR) is 195 cm³/mol. The van der Waals surface area contributed by atoms with Gasteiger partial charge in [-0.3, -0.25) is 29.4 Å². The fraction of sp³-hybridized carbons (Fsp3) is 0.389. The summed E-state index contributed by atoms with van der Waals surface area (Å²) in [5.41, 5.74) is 2.79. The molecule has 0 bridgehead atoms. The zero-order chi connectivity index (χ0) is 35.8. The normalized spacial score (nSPS) is 16.8. The van der Waals surface area contributed by atoms with E-state index in [1.54, 1.807) is 42.1 Å². The molecule has 0 aromatic heterocycles. The summed E-state index contributed by atoms with van der Waals surface area (Å²) in [6, 6.07) is 19.4. The van der Waals surface area contributed by atoms with Gasteiger partial charge in [-0.15, -0.1) is 11.8 Å². The molecule has 2 heterocycles. The Hall–Kier alpha value is -4.24. The molecule has 0 spiro atoms. The molecule has 5 N–H and O–H groups in total. The number of carbonyl (C=O) groups is 4. The van der Waals surface area contributed by atoms with Crippen LogP contribution < -0.4 is 21.1 Å². The second-order valence-corrected chi connectivity index (χ2v) is 15.4. The number of aryl methyl sites for hydroxylation is 1. The monoisotopic (exact) mass is 720 g/mol. The lowest BCUT2D eigenvalue weighted by Crippen LogP contribution is -2.54. The first-order valence-electron chi connectivity index (χ1n) is 16.8. The summed E-state index contributed by atoms with van der Waals surface area (Å²) < 4.78 is 23.6. The first kappa shape index (κ1) is 37.0. The number of nitrogens with zero attached hydrogens (tertiary/aromatic N) is 2. The molecule has 14 heteroatoms. The van der Waals surface area contributed by atoms with Crippen molar-refractivity contribution in [2.75, 3.05) is 43.1 Å². The maximum Gasteiger partial charge on any atom is 0.264 e. The molecule has 3 aromatic rings. The maximum atomic E-state index is 13.3. The second kappa shape index (κ2) is 16.6. The molecule has 50 heavy (non-hydrogen) atoms. The highest BCUT2D eigenvalue weighted by Crippen LogP contribution is 2.32. The lowest BCUT2D eigenvalue weighted by Gasteiger charge is -2.27. The van der Waals surface area contributed by atoms with Crippen LogP contribution in [0.2, 0.25) is 0 Å². The van der Waals surface area contributed by atoms with Gasteiger partial charge in [0.15, 0.2) is 0 Å². The van der Waals surface area contributed by atoms with Crippen molar-refractivity contribution in [2.45, 2.75) is 67.3 Å². The molecule has 2 aliphatic rings. The fourth-order valence-electron chi connectivity index (χ4n) is 6.16. The summed E-state index contributed by atoms with van der Waals surface area (Å²) in [6.45, 7) is 4.27. The lowest BCUT2D eigenvalue weighted by molar-refractivity contribution is -0.136. The van der Waals surface area contributed by atoms with Gasteiger partial charge in [0.2, 0.25) is 21.8 Å². The van der Waals surface area contributed by atoms with Gasteiger partial charge in [0.1, 0.15) is 6.04 Å². The van der Waals surface area contributed by atoms with Gasteiger partial charge in [-0.1, -0.05) is 30.7 Å². The van der Waals surface area contributed by atoms with Crippen LogP contribution in [0.15, 0.2) is 76.5 Å². The van der Waals surface area contributed by atoms with Crippen molar-refractivity contribution in [3.8, 4) is 0 Å². The Kier molecular flexibility index (Phi) is 12.3. The first-order valence-corrected chi connectivity index (χ1v) is 19.3. The van der Waals surface area contributed by atoms with Gasteiger partial charge in [-0.05, 0) is 101 Å². The van der Waals surface area contributed by atoms with Crippen molar-refractivity contribution in [3.05, 3.63) is 83.4 Å². The summed E-state index contributed by atoms with van der Waals surface area (Å²) in [5.74, 6) is -1.23. The largest absolute Gasteiger partial charge is 0.384 e. The number of anilines is 2. The SMILES string of the molecule is Cc1cc(S(N)(=O)=O)ccc1N[C@H](CCN(C)CCCCCNc1cccc2c1C(=O)N(C1CCC(=O)NC1=O)C2=O)CSc1ccccc1. The molecule has 0 aliphatic carbocycles. The van der Waals surface area contributed by atoms with Gasteiger partial charge in [-0.25, -0.2) is 13.6 Å². The zero-order valence-corrected chi connectivity index (χ0v) is 29.9. The van der Waals surface area contributed by atoms with E-state index in [2.05, 4.69) is 40.0 Å². The molecule has 5 rings (SSSR count). The molecular formula is C36H44N6O6S2. The Morgan fingerprint density at radius 3 is 2.46 bits per heavy atom. The number of unbranched alkanes of at least 4 members (excludes halogenated alkanes) is 2. The van der Waals surface area contributed by atoms with E-state index in [1.807, 2.05) is 25.1 Å².